The molecule has 0 saturated carbocycles. The summed E-state index contributed by atoms with van der Waals surface area (Å²) in [6.07, 6.45) is 2.85. The van der Waals surface area contributed by atoms with Crippen LogP contribution in [0.5, 0.6) is 0 Å². The standard InChI is InChI=1S/C12H18BrClN2/c1-9(2)5-11(14)7-15-8-12-4-3-10(13)6-16-12/h3-4,6,9,11,15H,5,7-8H2,1-2H3. The Morgan fingerprint density at radius 3 is 2.75 bits per heavy atom. The summed E-state index contributed by atoms with van der Waals surface area (Å²) in [6.45, 7) is 5.98. The lowest BCUT2D eigenvalue weighted by molar-refractivity contribution is 0.532. The first kappa shape index (κ1) is 13.9. The number of nitrogens with zero attached hydrogens (tertiary/aromatic N) is 1. The molecule has 1 heterocycles. The monoisotopic (exact) mass is 304 g/mol. The van der Waals surface area contributed by atoms with Crippen LogP contribution < -0.4 is 5.32 Å². The number of hydrogen-bond acceptors (Lipinski definition) is 2. The predicted octanol–water partition coefficient (Wildman–Crippen LogP) is 3.59. The molecule has 0 saturated heterocycles. The van der Waals surface area contributed by atoms with E-state index in [0.29, 0.717) is 5.92 Å². The van der Waals surface area contributed by atoms with Crippen LogP contribution in [-0.4, -0.2) is 16.9 Å². The first-order valence-electron chi connectivity index (χ1n) is 5.53. The molecule has 1 aromatic rings. The van der Waals surface area contributed by atoms with Crippen LogP contribution in [0.25, 0.3) is 0 Å². The Morgan fingerprint density at radius 1 is 1.44 bits per heavy atom. The van der Waals surface area contributed by atoms with Gasteiger partial charge in [-0.15, -0.1) is 11.6 Å². The van der Waals surface area contributed by atoms with Crippen LogP contribution in [0.1, 0.15) is 26.0 Å². The molecule has 16 heavy (non-hydrogen) atoms. The molecule has 1 atom stereocenters. The molecule has 2 nitrogen and oxygen atoms in total. The fourth-order valence-corrected chi connectivity index (χ4v) is 2.16. The quantitative estimate of drug-likeness (QED) is 0.813. The van der Waals surface area contributed by atoms with Crippen LogP contribution in [0.15, 0.2) is 22.8 Å². The molecular formula is C12H18BrClN2. The van der Waals surface area contributed by atoms with Crippen molar-refractivity contribution in [2.24, 2.45) is 5.92 Å². The Balaban J connectivity index is 2.22. The Morgan fingerprint density at radius 2 is 2.19 bits per heavy atom. The third kappa shape index (κ3) is 5.83. The summed E-state index contributed by atoms with van der Waals surface area (Å²) in [4.78, 5) is 4.28. The van der Waals surface area contributed by atoms with Crippen molar-refractivity contribution in [3.63, 3.8) is 0 Å². The van der Waals surface area contributed by atoms with Gasteiger partial charge in [-0.05, 0) is 40.4 Å². The summed E-state index contributed by atoms with van der Waals surface area (Å²) >= 11 is 9.54. The predicted molar refractivity (Wildman–Crippen MR) is 72.7 cm³/mol. The Labute approximate surface area is 111 Å². The van der Waals surface area contributed by atoms with Gasteiger partial charge in [-0.1, -0.05) is 13.8 Å². The summed E-state index contributed by atoms with van der Waals surface area (Å²) in [5, 5.41) is 3.52. The average molecular weight is 306 g/mol. The maximum atomic E-state index is 6.18. The molecule has 1 unspecified atom stereocenters. The summed E-state index contributed by atoms with van der Waals surface area (Å²) < 4.78 is 1.01. The van der Waals surface area contributed by atoms with E-state index in [2.05, 4.69) is 40.1 Å². The van der Waals surface area contributed by atoms with Gasteiger partial charge in [0.05, 0.1) is 5.69 Å². The third-order valence-electron chi connectivity index (χ3n) is 2.19. The lowest BCUT2D eigenvalue weighted by Gasteiger charge is -2.12. The number of aromatic nitrogens is 1. The van der Waals surface area contributed by atoms with Crippen LogP contribution in [0.3, 0.4) is 0 Å². The molecule has 1 aromatic heterocycles. The second-order valence-electron chi connectivity index (χ2n) is 4.33. The molecule has 4 heteroatoms. The normalized spacial score (nSPS) is 13.1. The van der Waals surface area contributed by atoms with Crippen LogP contribution in [0.2, 0.25) is 0 Å². The lowest BCUT2D eigenvalue weighted by Crippen LogP contribution is -2.24. The van der Waals surface area contributed by atoms with Crippen molar-refractivity contribution >= 4 is 27.5 Å². The minimum absolute atomic E-state index is 0.204. The van der Waals surface area contributed by atoms with Gasteiger partial charge in [-0.2, -0.15) is 0 Å². The second-order valence-corrected chi connectivity index (χ2v) is 5.86. The van der Waals surface area contributed by atoms with Gasteiger partial charge in [0.15, 0.2) is 0 Å². The molecule has 0 aliphatic carbocycles. The number of hydrogen-bond donors (Lipinski definition) is 1. The van der Waals surface area contributed by atoms with E-state index in [-0.39, 0.29) is 5.38 Å². The smallest absolute Gasteiger partial charge is 0.0542 e. The zero-order chi connectivity index (χ0) is 12.0. The zero-order valence-electron chi connectivity index (χ0n) is 9.71. The SMILES string of the molecule is CC(C)CC(Cl)CNCc1ccc(Br)cn1. The molecular weight excluding hydrogens is 288 g/mol. The van der Waals surface area contributed by atoms with E-state index in [1.165, 1.54) is 0 Å². The van der Waals surface area contributed by atoms with Crippen molar-refractivity contribution in [3.05, 3.63) is 28.5 Å². The van der Waals surface area contributed by atoms with Crippen molar-refractivity contribution in [1.82, 2.24) is 10.3 Å². The van der Waals surface area contributed by atoms with Crippen LogP contribution in [-0.2, 0) is 6.54 Å². The van der Waals surface area contributed by atoms with Gasteiger partial charge >= 0.3 is 0 Å². The number of nitrogens with one attached hydrogen (secondary N) is 1. The molecule has 0 aromatic carbocycles. The number of pyridine rings is 1. The van der Waals surface area contributed by atoms with E-state index in [0.717, 1.165) is 29.7 Å². The van der Waals surface area contributed by atoms with Crippen LogP contribution in [0.4, 0.5) is 0 Å². The Bertz CT molecular complexity index is 300. The highest BCUT2D eigenvalue weighted by Crippen LogP contribution is 2.10. The van der Waals surface area contributed by atoms with Gasteiger partial charge in [-0.3, -0.25) is 4.98 Å². The van der Waals surface area contributed by atoms with E-state index >= 15 is 0 Å². The highest BCUT2D eigenvalue weighted by molar-refractivity contribution is 9.10. The van der Waals surface area contributed by atoms with Crippen LogP contribution >= 0.6 is 27.5 Å². The van der Waals surface area contributed by atoms with Crippen molar-refractivity contribution in [3.8, 4) is 0 Å². The van der Waals surface area contributed by atoms with E-state index < -0.39 is 0 Å². The minimum atomic E-state index is 0.204. The summed E-state index contributed by atoms with van der Waals surface area (Å²) in [5.41, 5.74) is 1.04. The van der Waals surface area contributed by atoms with Crippen molar-refractivity contribution in [1.29, 1.82) is 0 Å². The highest BCUT2D eigenvalue weighted by Gasteiger charge is 2.06. The van der Waals surface area contributed by atoms with Gasteiger partial charge in [0.2, 0.25) is 0 Å². The molecule has 0 radical (unpaired) electrons. The minimum Gasteiger partial charge on any atom is -0.310 e. The lowest BCUT2D eigenvalue weighted by atomic mass is 10.1. The number of rotatable bonds is 6. The first-order chi connectivity index (χ1) is 7.58. The zero-order valence-corrected chi connectivity index (χ0v) is 12.1. The van der Waals surface area contributed by atoms with Gasteiger partial charge < -0.3 is 5.32 Å². The molecule has 1 rings (SSSR count). The van der Waals surface area contributed by atoms with Gasteiger partial charge in [0.1, 0.15) is 0 Å². The topological polar surface area (TPSA) is 24.9 Å². The summed E-state index contributed by atoms with van der Waals surface area (Å²) in [7, 11) is 0. The summed E-state index contributed by atoms with van der Waals surface area (Å²) in [5.74, 6) is 0.648. The molecule has 1 N–H and O–H groups in total. The Hall–Kier alpha value is -0.120. The third-order valence-corrected chi connectivity index (χ3v) is 2.99. The summed E-state index contributed by atoms with van der Waals surface area (Å²) in [6, 6.07) is 4.00. The molecule has 0 spiro atoms. The van der Waals surface area contributed by atoms with E-state index in [1.807, 2.05) is 18.3 Å². The second kappa shape index (κ2) is 7.25. The van der Waals surface area contributed by atoms with Gasteiger partial charge in [0.25, 0.3) is 0 Å². The molecule has 0 aliphatic heterocycles. The largest absolute Gasteiger partial charge is 0.310 e. The molecule has 0 fully saturated rings. The average Bonchev–Trinajstić information content (AvgIpc) is 2.20. The number of halogens is 2. The van der Waals surface area contributed by atoms with Crippen molar-refractivity contribution in [2.75, 3.05) is 6.54 Å². The molecule has 90 valence electrons. The highest BCUT2D eigenvalue weighted by atomic mass is 79.9. The maximum Gasteiger partial charge on any atom is 0.0542 e. The van der Waals surface area contributed by atoms with E-state index in [9.17, 15) is 0 Å². The fourth-order valence-electron chi connectivity index (χ4n) is 1.46. The van der Waals surface area contributed by atoms with Gasteiger partial charge in [-0.25, -0.2) is 0 Å². The Kier molecular flexibility index (Phi) is 6.32. The number of alkyl halides is 1. The first-order valence-corrected chi connectivity index (χ1v) is 6.76. The van der Waals surface area contributed by atoms with Crippen LogP contribution in [0, 0.1) is 5.92 Å². The van der Waals surface area contributed by atoms with Crippen molar-refractivity contribution < 1.29 is 0 Å². The maximum absolute atomic E-state index is 6.18. The molecule has 0 amide bonds. The van der Waals surface area contributed by atoms with Crippen molar-refractivity contribution in [2.45, 2.75) is 32.2 Å². The molecule has 0 aliphatic rings. The van der Waals surface area contributed by atoms with E-state index in [1.54, 1.807) is 0 Å². The fraction of sp³-hybridized carbons (Fsp3) is 0.583. The van der Waals surface area contributed by atoms with E-state index in [4.69, 9.17) is 11.6 Å². The van der Waals surface area contributed by atoms with Gasteiger partial charge in [0, 0.05) is 29.1 Å². The molecule has 0 bridgehead atoms.